The Morgan fingerprint density at radius 1 is 1.64 bits per heavy atom. The molecule has 0 unspecified atom stereocenters. The third kappa shape index (κ3) is 1.95. The maximum absolute atomic E-state index is 12.3. The first kappa shape index (κ1) is 10.4. The Hall–Kier alpha value is -1.73. The Morgan fingerprint density at radius 2 is 2.21 bits per heavy atom. The van der Waals surface area contributed by atoms with Crippen molar-refractivity contribution in [2.45, 2.75) is 6.18 Å². The van der Waals surface area contributed by atoms with Gasteiger partial charge in [0.25, 0.3) is 0 Å². The number of aryl methyl sites for hydroxylation is 1. The minimum absolute atomic E-state index is 0.451. The van der Waals surface area contributed by atoms with Crippen molar-refractivity contribution in [1.29, 1.82) is 0 Å². The highest BCUT2D eigenvalue weighted by Crippen LogP contribution is 2.33. The number of halogens is 3. The van der Waals surface area contributed by atoms with Crippen LogP contribution >= 0.6 is 0 Å². The van der Waals surface area contributed by atoms with E-state index in [2.05, 4.69) is 5.10 Å². The zero-order valence-electron chi connectivity index (χ0n) is 7.09. The number of hydrogen-bond donors (Lipinski definition) is 2. The molecule has 1 heterocycles. The van der Waals surface area contributed by atoms with E-state index < -0.39 is 23.6 Å². The predicted octanol–water partition coefficient (Wildman–Crippen LogP) is 0.930. The summed E-state index contributed by atoms with van der Waals surface area (Å²) >= 11 is 0. The fourth-order valence-corrected chi connectivity index (χ4v) is 0.998. The van der Waals surface area contributed by atoms with Crippen molar-refractivity contribution in [3.05, 3.63) is 11.9 Å². The first-order chi connectivity index (χ1) is 6.32. The molecule has 78 valence electrons. The normalized spacial score (nSPS) is 11.4. The molecule has 1 aromatic rings. The summed E-state index contributed by atoms with van der Waals surface area (Å²) in [5, 5.41) is 5.20. The monoisotopic (exact) mass is 208 g/mol. The Morgan fingerprint density at radius 3 is 2.64 bits per heavy atom. The van der Waals surface area contributed by atoms with Crippen LogP contribution in [0.15, 0.2) is 6.20 Å². The van der Waals surface area contributed by atoms with Gasteiger partial charge < -0.3 is 11.1 Å². The summed E-state index contributed by atoms with van der Waals surface area (Å²) in [7, 11) is 1.12. The maximum atomic E-state index is 12.3. The number of nitrogens with two attached hydrogens (primary N) is 1. The average molecular weight is 208 g/mol. The lowest BCUT2D eigenvalue weighted by molar-refractivity contribution is -0.143. The molecule has 0 saturated heterocycles. The fourth-order valence-electron chi connectivity index (χ4n) is 0.998. The molecule has 3 N–H and O–H groups in total. The number of amides is 2. The molecule has 0 bridgehead atoms. The highest BCUT2D eigenvalue weighted by molar-refractivity contribution is 5.88. The van der Waals surface area contributed by atoms with Crippen LogP contribution in [0.3, 0.4) is 0 Å². The van der Waals surface area contributed by atoms with Gasteiger partial charge in [-0.1, -0.05) is 0 Å². The van der Waals surface area contributed by atoms with Crippen molar-refractivity contribution in [1.82, 2.24) is 9.78 Å². The third-order valence-corrected chi connectivity index (χ3v) is 1.47. The van der Waals surface area contributed by atoms with Crippen LogP contribution < -0.4 is 11.1 Å². The standard InChI is InChI=1S/C6H7F3N4O/c1-13-4(6(7,8)9)3(2-11-13)12-5(10)14/h2H,1H3,(H3,10,12,14). The van der Waals surface area contributed by atoms with Crippen LogP contribution in [0.25, 0.3) is 0 Å². The van der Waals surface area contributed by atoms with Gasteiger partial charge in [0.05, 0.1) is 11.9 Å². The van der Waals surface area contributed by atoms with Crippen LogP contribution in [0, 0.1) is 0 Å². The summed E-state index contributed by atoms with van der Waals surface area (Å²) in [6.45, 7) is 0. The van der Waals surface area contributed by atoms with Crippen LogP contribution in [0.1, 0.15) is 5.69 Å². The van der Waals surface area contributed by atoms with Gasteiger partial charge in [-0.3, -0.25) is 4.68 Å². The van der Waals surface area contributed by atoms with E-state index in [0.717, 1.165) is 13.2 Å². The SMILES string of the molecule is Cn1ncc(NC(N)=O)c1C(F)(F)F. The van der Waals surface area contributed by atoms with E-state index in [1.54, 1.807) is 0 Å². The molecule has 14 heavy (non-hydrogen) atoms. The van der Waals surface area contributed by atoms with Crippen LogP contribution in [-0.4, -0.2) is 15.8 Å². The molecule has 0 spiro atoms. The minimum atomic E-state index is -4.58. The molecule has 0 aliphatic heterocycles. The number of carbonyl (C=O) groups excluding carboxylic acids is 1. The number of anilines is 1. The Labute approximate surface area is 76.7 Å². The molecule has 0 aromatic carbocycles. The summed E-state index contributed by atoms with van der Waals surface area (Å²) in [5.41, 5.74) is 3.19. The van der Waals surface area contributed by atoms with Gasteiger partial charge in [0.2, 0.25) is 0 Å². The topological polar surface area (TPSA) is 72.9 Å². The van der Waals surface area contributed by atoms with Crippen LogP contribution in [0.4, 0.5) is 23.7 Å². The second-order valence-electron chi connectivity index (χ2n) is 2.52. The highest BCUT2D eigenvalue weighted by atomic mass is 19.4. The molecule has 1 rings (SSSR count). The van der Waals surface area contributed by atoms with E-state index in [4.69, 9.17) is 5.73 Å². The van der Waals surface area contributed by atoms with E-state index in [1.807, 2.05) is 5.32 Å². The van der Waals surface area contributed by atoms with Gasteiger partial charge in [-0.05, 0) is 0 Å². The predicted molar refractivity (Wildman–Crippen MR) is 41.4 cm³/mol. The summed E-state index contributed by atoms with van der Waals surface area (Å²) < 4.78 is 37.6. The first-order valence-electron chi connectivity index (χ1n) is 3.48. The van der Waals surface area contributed by atoms with Crippen LogP contribution in [0.5, 0.6) is 0 Å². The number of aromatic nitrogens is 2. The number of primary amides is 1. The van der Waals surface area contributed by atoms with Gasteiger partial charge in [-0.15, -0.1) is 0 Å². The highest BCUT2D eigenvalue weighted by Gasteiger charge is 2.37. The number of carbonyl (C=O) groups is 1. The van der Waals surface area contributed by atoms with Gasteiger partial charge >= 0.3 is 12.2 Å². The number of hydrogen-bond acceptors (Lipinski definition) is 2. The number of rotatable bonds is 1. The largest absolute Gasteiger partial charge is 0.435 e. The lowest BCUT2D eigenvalue weighted by Gasteiger charge is -2.09. The molecular weight excluding hydrogens is 201 g/mol. The second-order valence-corrected chi connectivity index (χ2v) is 2.52. The number of nitrogens with zero attached hydrogens (tertiary/aromatic N) is 2. The first-order valence-corrected chi connectivity index (χ1v) is 3.48. The quantitative estimate of drug-likeness (QED) is 0.720. The Bertz CT molecular complexity index is 356. The summed E-state index contributed by atoms with van der Waals surface area (Å²) in [6.07, 6.45) is -3.70. The molecule has 0 aliphatic carbocycles. The van der Waals surface area contributed by atoms with Gasteiger partial charge in [-0.2, -0.15) is 18.3 Å². The number of nitrogens with one attached hydrogen (secondary N) is 1. The lowest BCUT2D eigenvalue weighted by Crippen LogP contribution is -2.22. The smallest absolute Gasteiger partial charge is 0.351 e. The molecular formula is C6H7F3N4O. The molecule has 5 nitrogen and oxygen atoms in total. The van der Waals surface area contributed by atoms with Crippen molar-refractivity contribution in [2.24, 2.45) is 12.8 Å². The molecule has 2 amide bonds. The zero-order chi connectivity index (χ0) is 10.9. The van der Waals surface area contributed by atoms with E-state index >= 15 is 0 Å². The Kier molecular flexibility index (Phi) is 2.37. The van der Waals surface area contributed by atoms with Crippen molar-refractivity contribution in [2.75, 3.05) is 5.32 Å². The fraction of sp³-hybridized carbons (Fsp3) is 0.333. The van der Waals surface area contributed by atoms with Gasteiger partial charge in [0.1, 0.15) is 0 Å². The lowest BCUT2D eigenvalue weighted by atomic mass is 10.3. The zero-order valence-corrected chi connectivity index (χ0v) is 7.09. The maximum Gasteiger partial charge on any atom is 0.435 e. The Balaban J connectivity index is 3.13. The molecule has 8 heteroatoms. The molecule has 0 radical (unpaired) electrons. The van der Waals surface area contributed by atoms with Gasteiger partial charge in [-0.25, -0.2) is 4.79 Å². The van der Waals surface area contributed by atoms with Crippen LogP contribution in [0.2, 0.25) is 0 Å². The molecule has 0 saturated carbocycles. The number of urea groups is 1. The van der Waals surface area contributed by atoms with E-state index in [9.17, 15) is 18.0 Å². The van der Waals surface area contributed by atoms with E-state index in [-0.39, 0.29) is 0 Å². The molecule has 1 aromatic heterocycles. The summed E-state index contributed by atoms with van der Waals surface area (Å²) in [5.74, 6) is 0. The molecule has 0 aliphatic rings. The van der Waals surface area contributed by atoms with Gasteiger partial charge in [0, 0.05) is 7.05 Å². The molecule has 0 fully saturated rings. The second kappa shape index (κ2) is 3.20. The van der Waals surface area contributed by atoms with E-state index in [0.29, 0.717) is 4.68 Å². The molecule has 0 atom stereocenters. The summed E-state index contributed by atoms with van der Waals surface area (Å²) in [6, 6.07) is -1.07. The van der Waals surface area contributed by atoms with E-state index in [1.165, 1.54) is 0 Å². The van der Waals surface area contributed by atoms with Crippen molar-refractivity contribution in [3.8, 4) is 0 Å². The van der Waals surface area contributed by atoms with Crippen molar-refractivity contribution >= 4 is 11.7 Å². The summed E-state index contributed by atoms with van der Waals surface area (Å²) in [4.78, 5) is 10.4. The minimum Gasteiger partial charge on any atom is -0.351 e. The van der Waals surface area contributed by atoms with Crippen molar-refractivity contribution in [3.63, 3.8) is 0 Å². The average Bonchev–Trinajstić information content (AvgIpc) is 2.28. The van der Waals surface area contributed by atoms with Crippen molar-refractivity contribution < 1.29 is 18.0 Å². The third-order valence-electron chi connectivity index (χ3n) is 1.47. The number of alkyl halides is 3. The van der Waals surface area contributed by atoms with Gasteiger partial charge in [0.15, 0.2) is 5.69 Å². The van der Waals surface area contributed by atoms with Crippen LogP contribution in [-0.2, 0) is 13.2 Å².